The van der Waals surface area contributed by atoms with Crippen LogP contribution in [0.4, 0.5) is 10.1 Å². The first-order valence-corrected chi connectivity index (χ1v) is 13.1. The zero-order valence-corrected chi connectivity index (χ0v) is 20.8. The van der Waals surface area contributed by atoms with Crippen LogP contribution in [0.5, 0.6) is 0 Å². The summed E-state index contributed by atoms with van der Waals surface area (Å²) in [6.45, 7) is 6.28. The number of amides is 1. The van der Waals surface area contributed by atoms with E-state index < -0.39 is 15.8 Å². The molecule has 0 aliphatic carbocycles. The van der Waals surface area contributed by atoms with Crippen LogP contribution in [-0.4, -0.2) is 56.3 Å². The molecule has 1 fully saturated rings. The van der Waals surface area contributed by atoms with Crippen molar-refractivity contribution >= 4 is 21.6 Å². The van der Waals surface area contributed by atoms with Gasteiger partial charge in [0, 0.05) is 38.4 Å². The van der Waals surface area contributed by atoms with Crippen LogP contribution < -0.4 is 4.90 Å². The van der Waals surface area contributed by atoms with Gasteiger partial charge in [-0.1, -0.05) is 42.5 Å². The SMILES string of the molecule is Cc1cccc(N2CCN(C(=O)CN(Cc3ccc(F)cc3)S(=O)(=O)c3ccccc3)CC2)c1C. The summed E-state index contributed by atoms with van der Waals surface area (Å²) in [5.41, 5.74) is 4.23. The van der Waals surface area contributed by atoms with E-state index >= 15 is 0 Å². The summed E-state index contributed by atoms with van der Waals surface area (Å²) in [4.78, 5) is 17.3. The standard InChI is InChI=1S/C27H30FN3O3S/c1-21-7-6-10-26(22(21)2)29-15-17-30(18-16-29)27(32)20-31(19-23-11-13-24(28)14-12-23)35(33,34)25-8-4-3-5-9-25/h3-14H,15-20H2,1-2H3. The van der Waals surface area contributed by atoms with Gasteiger partial charge in [-0.3, -0.25) is 4.79 Å². The van der Waals surface area contributed by atoms with E-state index in [4.69, 9.17) is 0 Å². The Kier molecular flexibility index (Phi) is 7.52. The number of anilines is 1. The number of halogens is 1. The average Bonchev–Trinajstić information content (AvgIpc) is 2.87. The maximum Gasteiger partial charge on any atom is 0.243 e. The molecule has 0 aromatic heterocycles. The van der Waals surface area contributed by atoms with Gasteiger partial charge < -0.3 is 9.80 Å². The first kappa shape index (κ1) is 24.9. The number of aryl methyl sites for hydroxylation is 1. The Morgan fingerprint density at radius 2 is 1.54 bits per heavy atom. The molecule has 8 heteroatoms. The van der Waals surface area contributed by atoms with Gasteiger partial charge in [0.05, 0.1) is 11.4 Å². The fourth-order valence-corrected chi connectivity index (χ4v) is 5.69. The van der Waals surface area contributed by atoms with Gasteiger partial charge >= 0.3 is 0 Å². The van der Waals surface area contributed by atoms with Crippen LogP contribution in [0, 0.1) is 19.7 Å². The number of hydrogen-bond acceptors (Lipinski definition) is 4. The molecule has 4 rings (SSSR count). The lowest BCUT2D eigenvalue weighted by atomic mass is 10.1. The minimum absolute atomic E-state index is 0.0221. The van der Waals surface area contributed by atoms with E-state index in [9.17, 15) is 17.6 Å². The highest BCUT2D eigenvalue weighted by atomic mass is 32.2. The number of carbonyl (C=O) groups excluding carboxylic acids is 1. The Labute approximate surface area is 206 Å². The smallest absolute Gasteiger partial charge is 0.243 e. The van der Waals surface area contributed by atoms with Crippen molar-refractivity contribution in [2.45, 2.75) is 25.3 Å². The topological polar surface area (TPSA) is 60.9 Å². The van der Waals surface area contributed by atoms with Crippen molar-refractivity contribution < 1.29 is 17.6 Å². The van der Waals surface area contributed by atoms with Crippen molar-refractivity contribution in [3.63, 3.8) is 0 Å². The van der Waals surface area contributed by atoms with E-state index in [1.54, 1.807) is 23.1 Å². The van der Waals surface area contributed by atoms with E-state index in [-0.39, 0.29) is 23.9 Å². The van der Waals surface area contributed by atoms with Gasteiger partial charge in [-0.25, -0.2) is 12.8 Å². The zero-order chi connectivity index (χ0) is 25.0. The fourth-order valence-electron chi connectivity index (χ4n) is 4.29. The number of rotatable bonds is 7. The second-order valence-corrected chi connectivity index (χ2v) is 10.7. The van der Waals surface area contributed by atoms with E-state index in [1.165, 1.54) is 57.5 Å². The van der Waals surface area contributed by atoms with Crippen LogP contribution in [0.2, 0.25) is 0 Å². The molecule has 0 bridgehead atoms. The molecule has 0 spiro atoms. The number of piperazine rings is 1. The first-order valence-electron chi connectivity index (χ1n) is 11.6. The molecular formula is C27H30FN3O3S. The van der Waals surface area contributed by atoms with E-state index in [0.29, 0.717) is 31.7 Å². The molecule has 1 heterocycles. The fraction of sp³-hybridized carbons (Fsp3) is 0.296. The van der Waals surface area contributed by atoms with Crippen LogP contribution in [0.25, 0.3) is 0 Å². The third-order valence-electron chi connectivity index (χ3n) is 6.51. The van der Waals surface area contributed by atoms with Gasteiger partial charge in [0.15, 0.2) is 0 Å². The lowest BCUT2D eigenvalue weighted by Gasteiger charge is -2.37. The highest BCUT2D eigenvalue weighted by molar-refractivity contribution is 7.89. The molecule has 3 aromatic carbocycles. The Balaban J connectivity index is 1.49. The third-order valence-corrected chi connectivity index (χ3v) is 8.32. The van der Waals surface area contributed by atoms with Crippen molar-refractivity contribution in [1.82, 2.24) is 9.21 Å². The maximum absolute atomic E-state index is 13.4. The van der Waals surface area contributed by atoms with Crippen LogP contribution in [0.3, 0.4) is 0 Å². The molecule has 0 atom stereocenters. The van der Waals surface area contributed by atoms with Crippen LogP contribution in [-0.2, 0) is 21.4 Å². The van der Waals surface area contributed by atoms with E-state index in [2.05, 4.69) is 30.9 Å². The van der Waals surface area contributed by atoms with Crippen molar-refractivity contribution in [2.24, 2.45) is 0 Å². The summed E-state index contributed by atoms with van der Waals surface area (Å²) in [5.74, 6) is -0.642. The second-order valence-electron chi connectivity index (χ2n) is 8.80. The molecule has 0 saturated carbocycles. The predicted molar refractivity (Wildman–Crippen MR) is 135 cm³/mol. The Hall–Kier alpha value is -3.23. The molecule has 1 aliphatic rings. The Bertz CT molecular complexity index is 1270. The van der Waals surface area contributed by atoms with Crippen molar-refractivity contribution in [3.8, 4) is 0 Å². The maximum atomic E-state index is 13.4. The highest BCUT2D eigenvalue weighted by Crippen LogP contribution is 2.24. The zero-order valence-electron chi connectivity index (χ0n) is 20.0. The molecule has 1 amide bonds. The summed E-state index contributed by atoms with van der Waals surface area (Å²) in [6, 6.07) is 19.9. The average molecular weight is 496 g/mol. The molecule has 0 unspecified atom stereocenters. The summed E-state index contributed by atoms with van der Waals surface area (Å²) < 4.78 is 41.4. The minimum atomic E-state index is -3.93. The van der Waals surface area contributed by atoms with Crippen LogP contribution in [0.15, 0.2) is 77.7 Å². The van der Waals surface area contributed by atoms with Gasteiger partial charge in [0.2, 0.25) is 15.9 Å². The molecule has 1 saturated heterocycles. The summed E-state index contributed by atoms with van der Waals surface area (Å²) in [6.07, 6.45) is 0. The lowest BCUT2D eigenvalue weighted by Crippen LogP contribution is -2.52. The van der Waals surface area contributed by atoms with Gasteiger partial charge in [0.1, 0.15) is 5.82 Å². The van der Waals surface area contributed by atoms with Crippen molar-refractivity contribution in [3.05, 3.63) is 95.3 Å². The molecule has 1 aliphatic heterocycles. The molecule has 6 nitrogen and oxygen atoms in total. The normalized spacial score (nSPS) is 14.4. The summed E-state index contributed by atoms with van der Waals surface area (Å²) in [7, 11) is -3.93. The largest absolute Gasteiger partial charge is 0.368 e. The Morgan fingerprint density at radius 3 is 2.20 bits per heavy atom. The van der Waals surface area contributed by atoms with Crippen LogP contribution in [0.1, 0.15) is 16.7 Å². The third kappa shape index (κ3) is 5.71. The van der Waals surface area contributed by atoms with Gasteiger partial charge in [-0.15, -0.1) is 0 Å². The van der Waals surface area contributed by atoms with E-state index in [1.807, 2.05) is 6.07 Å². The lowest BCUT2D eigenvalue weighted by molar-refractivity contribution is -0.131. The number of hydrogen-bond donors (Lipinski definition) is 0. The van der Waals surface area contributed by atoms with Gasteiger partial charge in [-0.05, 0) is 60.9 Å². The van der Waals surface area contributed by atoms with Crippen LogP contribution >= 0.6 is 0 Å². The molecular weight excluding hydrogens is 465 g/mol. The van der Waals surface area contributed by atoms with Crippen molar-refractivity contribution in [1.29, 1.82) is 0 Å². The highest BCUT2D eigenvalue weighted by Gasteiger charge is 2.30. The number of benzene rings is 3. The molecule has 3 aromatic rings. The van der Waals surface area contributed by atoms with E-state index in [0.717, 1.165) is 0 Å². The van der Waals surface area contributed by atoms with Gasteiger partial charge in [0.25, 0.3) is 0 Å². The number of nitrogens with zero attached hydrogens (tertiary/aromatic N) is 3. The first-order chi connectivity index (χ1) is 16.8. The molecule has 0 N–H and O–H groups in total. The molecule has 35 heavy (non-hydrogen) atoms. The quantitative estimate of drug-likeness (QED) is 0.498. The molecule has 184 valence electrons. The predicted octanol–water partition coefficient (Wildman–Crippen LogP) is 3.98. The monoisotopic (exact) mass is 495 g/mol. The van der Waals surface area contributed by atoms with Gasteiger partial charge in [-0.2, -0.15) is 4.31 Å². The minimum Gasteiger partial charge on any atom is -0.368 e. The summed E-state index contributed by atoms with van der Waals surface area (Å²) >= 11 is 0. The second kappa shape index (κ2) is 10.6. The van der Waals surface area contributed by atoms with Crippen molar-refractivity contribution in [2.75, 3.05) is 37.6 Å². The Morgan fingerprint density at radius 1 is 0.886 bits per heavy atom. The number of carbonyl (C=O) groups is 1. The molecule has 0 radical (unpaired) electrons. The number of sulfonamides is 1. The summed E-state index contributed by atoms with van der Waals surface area (Å²) in [5, 5.41) is 0.